The Bertz CT molecular complexity index is 397. The number of nitrogens with zero attached hydrogens (tertiary/aromatic N) is 3. The highest BCUT2D eigenvalue weighted by Crippen LogP contribution is 2.24. The molecule has 1 N–H and O–H groups in total. The molecule has 1 aliphatic rings. The first-order valence-electron chi connectivity index (χ1n) is 6.52. The summed E-state index contributed by atoms with van der Waals surface area (Å²) in [5.74, 6) is 0.586. The van der Waals surface area contributed by atoms with E-state index in [0.29, 0.717) is 0 Å². The lowest BCUT2D eigenvalue weighted by molar-refractivity contribution is 0.0689. The first-order chi connectivity index (χ1) is 8.70. The van der Waals surface area contributed by atoms with Crippen LogP contribution in [0, 0.1) is 5.92 Å². The van der Waals surface area contributed by atoms with E-state index in [1.54, 1.807) is 6.07 Å². The van der Waals surface area contributed by atoms with Crippen LogP contribution in [0.3, 0.4) is 0 Å². The number of rotatable bonds is 4. The zero-order valence-corrected chi connectivity index (χ0v) is 10.7. The number of piperidine rings is 1. The van der Waals surface area contributed by atoms with Gasteiger partial charge in [-0.15, -0.1) is 10.2 Å². The summed E-state index contributed by atoms with van der Waals surface area (Å²) in [6.45, 7) is 4.21. The van der Waals surface area contributed by atoms with Crippen molar-refractivity contribution in [1.29, 1.82) is 0 Å². The van der Waals surface area contributed by atoms with E-state index in [4.69, 9.17) is 5.11 Å². The van der Waals surface area contributed by atoms with E-state index in [2.05, 4.69) is 22.0 Å². The molecule has 0 unspecified atom stereocenters. The van der Waals surface area contributed by atoms with Gasteiger partial charge in [-0.05, 0) is 30.9 Å². The molecule has 0 aliphatic carbocycles. The van der Waals surface area contributed by atoms with Crippen molar-refractivity contribution in [3.05, 3.63) is 17.8 Å². The summed E-state index contributed by atoms with van der Waals surface area (Å²) in [4.78, 5) is 12.9. The van der Waals surface area contributed by atoms with Gasteiger partial charge in [-0.2, -0.15) is 0 Å². The number of anilines is 1. The van der Waals surface area contributed by atoms with Crippen LogP contribution in [0.4, 0.5) is 5.82 Å². The second-order valence-electron chi connectivity index (χ2n) is 4.80. The zero-order chi connectivity index (χ0) is 13.0. The molecule has 5 heteroatoms. The van der Waals surface area contributed by atoms with E-state index >= 15 is 0 Å². The largest absolute Gasteiger partial charge is 0.476 e. The molecule has 0 radical (unpaired) electrons. The van der Waals surface area contributed by atoms with Crippen molar-refractivity contribution < 1.29 is 9.90 Å². The SMILES string of the molecule is CCCC1CCN(c2ccc(C(=O)O)nn2)CC1. The fraction of sp³-hybridized carbons (Fsp3) is 0.615. The van der Waals surface area contributed by atoms with Crippen LogP contribution in [0.15, 0.2) is 12.1 Å². The summed E-state index contributed by atoms with van der Waals surface area (Å²) in [6.07, 6.45) is 4.93. The molecule has 2 heterocycles. The molecule has 1 aromatic heterocycles. The highest BCUT2D eigenvalue weighted by molar-refractivity contribution is 5.85. The molecule has 1 aromatic rings. The van der Waals surface area contributed by atoms with Gasteiger partial charge >= 0.3 is 5.97 Å². The Morgan fingerprint density at radius 1 is 1.39 bits per heavy atom. The molecule has 0 bridgehead atoms. The number of carboxylic acid groups (broad SMARTS) is 1. The van der Waals surface area contributed by atoms with Crippen LogP contribution in [0.2, 0.25) is 0 Å². The first kappa shape index (κ1) is 12.8. The Hall–Kier alpha value is -1.65. The quantitative estimate of drug-likeness (QED) is 0.886. The van der Waals surface area contributed by atoms with E-state index in [0.717, 1.165) is 24.8 Å². The standard InChI is InChI=1S/C13H19N3O2/c1-2-3-10-6-8-16(9-7-10)12-5-4-11(13(17)18)14-15-12/h4-5,10H,2-3,6-9H2,1H3,(H,17,18). The molecule has 5 nitrogen and oxygen atoms in total. The van der Waals surface area contributed by atoms with E-state index in [-0.39, 0.29) is 5.69 Å². The van der Waals surface area contributed by atoms with Crippen LogP contribution in [0.25, 0.3) is 0 Å². The van der Waals surface area contributed by atoms with Gasteiger partial charge in [-0.1, -0.05) is 19.8 Å². The van der Waals surface area contributed by atoms with E-state index < -0.39 is 5.97 Å². The van der Waals surface area contributed by atoms with Crippen molar-refractivity contribution in [1.82, 2.24) is 10.2 Å². The second-order valence-corrected chi connectivity index (χ2v) is 4.80. The van der Waals surface area contributed by atoms with Crippen molar-refractivity contribution in [3.63, 3.8) is 0 Å². The Kier molecular flexibility index (Phi) is 4.12. The number of aromatic carboxylic acids is 1. The molecule has 1 fully saturated rings. The van der Waals surface area contributed by atoms with Crippen LogP contribution in [0.5, 0.6) is 0 Å². The van der Waals surface area contributed by atoms with Gasteiger partial charge < -0.3 is 10.0 Å². The van der Waals surface area contributed by atoms with Gasteiger partial charge in [0.1, 0.15) is 0 Å². The fourth-order valence-corrected chi connectivity index (χ4v) is 2.47. The van der Waals surface area contributed by atoms with E-state index in [9.17, 15) is 4.79 Å². The van der Waals surface area contributed by atoms with Crippen molar-refractivity contribution >= 4 is 11.8 Å². The van der Waals surface area contributed by atoms with Crippen molar-refractivity contribution in [3.8, 4) is 0 Å². The normalized spacial score (nSPS) is 16.8. The first-order valence-corrected chi connectivity index (χ1v) is 6.52. The van der Waals surface area contributed by atoms with Gasteiger partial charge in [-0.3, -0.25) is 0 Å². The van der Waals surface area contributed by atoms with E-state index in [1.807, 2.05) is 0 Å². The Labute approximate surface area is 107 Å². The monoisotopic (exact) mass is 249 g/mol. The minimum absolute atomic E-state index is 0.000353. The Morgan fingerprint density at radius 2 is 2.11 bits per heavy atom. The smallest absolute Gasteiger partial charge is 0.356 e. The fourth-order valence-electron chi connectivity index (χ4n) is 2.47. The summed E-state index contributed by atoms with van der Waals surface area (Å²) >= 11 is 0. The van der Waals surface area contributed by atoms with Crippen LogP contribution < -0.4 is 4.90 Å². The highest BCUT2D eigenvalue weighted by Gasteiger charge is 2.19. The van der Waals surface area contributed by atoms with Gasteiger partial charge in [0, 0.05) is 13.1 Å². The lowest BCUT2D eigenvalue weighted by Gasteiger charge is -2.32. The van der Waals surface area contributed by atoms with Gasteiger partial charge in [0.25, 0.3) is 0 Å². The van der Waals surface area contributed by atoms with Gasteiger partial charge in [0.15, 0.2) is 11.5 Å². The summed E-state index contributed by atoms with van der Waals surface area (Å²) in [6, 6.07) is 3.26. The average Bonchev–Trinajstić information content (AvgIpc) is 2.40. The minimum Gasteiger partial charge on any atom is -0.476 e. The second kappa shape index (κ2) is 5.80. The predicted molar refractivity (Wildman–Crippen MR) is 68.8 cm³/mol. The lowest BCUT2D eigenvalue weighted by atomic mass is 9.92. The maximum atomic E-state index is 10.7. The number of aromatic nitrogens is 2. The van der Waals surface area contributed by atoms with Crippen LogP contribution in [-0.2, 0) is 0 Å². The summed E-state index contributed by atoms with van der Waals surface area (Å²) < 4.78 is 0. The van der Waals surface area contributed by atoms with Crippen LogP contribution in [0.1, 0.15) is 43.1 Å². The molecular weight excluding hydrogens is 230 g/mol. The summed E-state index contributed by atoms with van der Waals surface area (Å²) in [5.41, 5.74) is -0.000353. The molecule has 2 rings (SSSR count). The maximum Gasteiger partial charge on any atom is 0.356 e. The van der Waals surface area contributed by atoms with Crippen molar-refractivity contribution in [2.75, 3.05) is 18.0 Å². The van der Waals surface area contributed by atoms with Gasteiger partial charge in [0.2, 0.25) is 0 Å². The molecule has 0 saturated carbocycles. The van der Waals surface area contributed by atoms with Crippen LogP contribution in [-0.4, -0.2) is 34.4 Å². The molecule has 0 atom stereocenters. The average molecular weight is 249 g/mol. The highest BCUT2D eigenvalue weighted by atomic mass is 16.4. The summed E-state index contributed by atoms with van der Waals surface area (Å²) in [5, 5.41) is 16.5. The van der Waals surface area contributed by atoms with Gasteiger partial charge in [0.05, 0.1) is 0 Å². The van der Waals surface area contributed by atoms with Gasteiger partial charge in [-0.25, -0.2) is 4.79 Å². The van der Waals surface area contributed by atoms with Crippen molar-refractivity contribution in [2.45, 2.75) is 32.6 Å². The lowest BCUT2D eigenvalue weighted by Crippen LogP contribution is -2.34. The maximum absolute atomic E-state index is 10.7. The molecule has 0 aromatic carbocycles. The number of hydrogen-bond acceptors (Lipinski definition) is 4. The molecule has 1 aliphatic heterocycles. The molecule has 0 amide bonds. The third-order valence-corrected chi connectivity index (χ3v) is 3.51. The molecule has 98 valence electrons. The number of hydrogen-bond donors (Lipinski definition) is 1. The van der Waals surface area contributed by atoms with E-state index in [1.165, 1.54) is 31.7 Å². The molecule has 0 spiro atoms. The number of carboxylic acids is 1. The third-order valence-electron chi connectivity index (χ3n) is 3.51. The zero-order valence-electron chi connectivity index (χ0n) is 10.7. The van der Waals surface area contributed by atoms with Crippen LogP contribution >= 0.6 is 0 Å². The molecule has 18 heavy (non-hydrogen) atoms. The molecular formula is C13H19N3O2. The summed E-state index contributed by atoms with van der Waals surface area (Å²) in [7, 11) is 0. The third kappa shape index (κ3) is 2.97. The predicted octanol–water partition coefficient (Wildman–Crippen LogP) is 2.19. The molecule has 1 saturated heterocycles. The Balaban J connectivity index is 1.95. The number of carbonyl (C=O) groups is 1. The Morgan fingerprint density at radius 3 is 2.61 bits per heavy atom. The minimum atomic E-state index is -1.03. The topological polar surface area (TPSA) is 66.3 Å². The van der Waals surface area contributed by atoms with Crippen molar-refractivity contribution in [2.24, 2.45) is 5.92 Å².